The van der Waals surface area contributed by atoms with Gasteiger partial charge in [-0.1, -0.05) is 19.3 Å². The van der Waals surface area contributed by atoms with E-state index in [0.717, 1.165) is 51.6 Å². The summed E-state index contributed by atoms with van der Waals surface area (Å²) in [7, 11) is 0. The molecule has 1 aliphatic carbocycles. The molecule has 0 atom stereocenters. The lowest BCUT2D eigenvalue weighted by Crippen LogP contribution is -2.50. The van der Waals surface area contributed by atoms with Crippen LogP contribution < -0.4 is 11.1 Å². The van der Waals surface area contributed by atoms with Crippen LogP contribution >= 0.6 is 0 Å². The Labute approximate surface area is 168 Å². The minimum atomic E-state index is -0.578. The number of nitrogens with one attached hydrogen (secondary N) is 2. The number of carbonyl (C=O) groups is 2. The first-order chi connectivity index (χ1) is 13.2. The van der Waals surface area contributed by atoms with Gasteiger partial charge in [0.25, 0.3) is 0 Å². The summed E-state index contributed by atoms with van der Waals surface area (Å²) in [6.07, 6.45) is 6.61. The van der Waals surface area contributed by atoms with E-state index in [1.807, 2.05) is 25.7 Å². The molecule has 0 aromatic rings. The van der Waals surface area contributed by atoms with E-state index >= 15 is 0 Å². The SMILES string of the molecule is CC(C)(C)OC(=O)N(CC(=O)NCC1CCN(C(=N)N)CC1)C1CCCCC1. The maximum atomic E-state index is 12.7. The van der Waals surface area contributed by atoms with Crippen LogP contribution in [0.3, 0.4) is 0 Å². The van der Waals surface area contributed by atoms with Crippen LogP contribution in [0.2, 0.25) is 0 Å². The lowest BCUT2D eigenvalue weighted by Gasteiger charge is -2.35. The summed E-state index contributed by atoms with van der Waals surface area (Å²) in [6.45, 7) is 7.68. The molecule has 0 unspecified atom stereocenters. The molecule has 0 aromatic heterocycles. The number of hydrogen-bond acceptors (Lipinski definition) is 4. The lowest BCUT2D eigenvalue weighted by atomic mass is 9.94. The molecule has 1 saturated heterocycles. The Kier molecular flexibility index (Phi) is 7.95. The first-order valence-corrected chi connectivity index (χ1v) is 10.5. The van der Waals surface area contributed by atoms with Crippen LogP contribution in [0.25, 0.3) is 0 Å². The molecule has 0 aromatic carbocycles. The summed E-state index contributed by atoms with van der Waals surface area (Å²) >= 11 is 0. The third-order valence-corrected chi connectivity index (χ3v) is 5.50. The summed E-state index contributed by atoms with van der Waals surface area (Å²) in [5, 5.41) is 10.5. The quantitative estimate of drug-likeness (QED) is 0.488. The summed E-state index contributed by atoms with van der Waals surface area (Å²) in [5.41, 5.74) is 4.94. The number of likely N-dealkylation sites (tertiary alicyclic amines) is 1. The van der Waals surface area contributed by atoms with Gasteiger partial charge in [-0.05, 0) is 52.4 Å². The normalized spacial score (nSPS) is 19.2. The number of nitrogens with two attached hydrogens (primary N) is 1. The molecule has 28 heavy (non-hydrogen) atoms. The molecule has 160 valence electrons. The molecule has 0 bridgehead atoms. The fourth-order valence-corrected chi connectivity index (χ4v) is 3.90. The summed E-state index contributed by atoms with van der Waals surface area (Å²) in [4.78, 5) is 28.7. The Bertz CT molecular complexity index is 547. The van der Waals surface area contributed by atoms with Crippen molar-refractivity contribution in [3.05, 3.63) is 0 Å². The molecule has 1 saturated carbocycles. The van der Waals surface area contributed by atoms with Crippen LogP contribution in [0.4, 0.5) is 4.79 Å². The molecule has 0 spiro atoms. The van der Waals surface area contributed by atoms with Gasteiger partial charge in [0.1, 0.15) is 12.1 Å². The second-order valence-corrected chi connectivity index (χ2v) is 9.02. The number of carbonyl (C=O) groups excluding carboxylic acids is 2. The molecular weight excluding hydrogens is 358 g/mol. The predicted octanol–water partition coefficient (Wildman–Crippen LogP) is 2.28. The first kappa shape index (κ1) is 22.3. The maximum Gasteiger partial charge on any atom is 0.411 e. The third kappa shape index (κ3) is 7.20. The van der Waals surface area contributed by atoms with Crippen molar-refractivity contribution in [1.82, 2.24) is 15.1 Å². The van der Waals surface area contributed by atoms with Gasteiger partial charge in [-0.15, -0.1) is 0 Å². The van der Waals surface area contributed by atoms with E-state index in [9.17, 15) is 9.59 Å². The Hall–Kier alpha value is -1.99. The largest absolute Gasteiger partial charge is 0.444 e. The highest BCUT2D eigenvalue weighted by Gasteiger charge is 2.31. The first-order valence-electron chi connectivity index (χ1n) is 10.5. The molecule has 2 rings (SSSR count). The second kappa shape index (κ2) is 9.98. The molecular formula is C20H37N5O3. The highest BCUT2D eigenvalue weighted by molar-refractivity contribution is 5.82. The van der Waals surface area contributed by atoms with Crippen molar-refractivity contribution >= 4 is 18.0 Å². The van der Waals surface area contributed by atoms with E-state index in [1.54, 1.807) is 4.90 Å². The van der Waals surface area contributed by atoms with Crippen molar-refractivity contribution in [3.63, 3.8) is 0 Å². The monoisotopic (exact) mass is 395 g/mol. The van der Waals surface area contributed by atoms with E-state index in [-0.39, 0.29) is 24.5 Å². The molecule has 2 aliphatic rings. The van der Waals surface area contributed by atoms with Gasteiger partial charge in [-0.3, -0.25) is 15.1 Å². The molecule has 8 heteroatoms. The Morgan fingerprint density at radius 3 is 2.29 bits per heavy atom. The molecule has 1 aliphatic heterocycles. The summed E-state index contributed by atoms with van der Waals surface area (Å²) in [5.74, 6) is 0.359. The maximum absolute atomic E-state index is 12.7. The average molecular weight is 396 g/mol. The highest BCUT2D eigenvalue weighted by atomic mass is 16.6. The minimum absolute atomic E-state index is 0.0475. The molecule has 1 heterocycles. The van der Waals surface area contributed by atoms with Crippen molar-refractivity contribution < 1.29 is 14.3 Å². The van der Waals surface area contributed by atoms with Gasteiger partial charge < -0.3 is 20.7 Å². The van der Waals surface area contributed by atoms with Crippen LogP contribution in [-0.2, 0) is 9.53 Å². The summed E-state index contributed by atoms with van der Waals surface area (Å²) < 4.78 is 5.55. The zero-order chi connectivity index (χ0) is 20.7. The number of hydrogen-bond donors (Lipinski definition) is 3. The standard InChI is InChI=1S/C20H37N5O3/c1-20(2,3)28-19(27)25(16-7-5-4-6-8-16)14-17(26)23-13-15-9-11-24(12-10-15)18(21)22/h15-16H,4-14H2,1-3H3,(H3,21,22)(H,23,26). The topological polar surface area (TPSA) is 112 Å². The number of rotatable bonds is 5. The Morgan fingerprint density at radius 1 is 1.14 bits per heavy atom. The van der Waals surface area contributed by atoms with Crippen LogP contribution in [0.1, 0.15) is 65.7 Å². The average Bonchev–Trinajstić information content (AvgIpc) is 2.64. The van der Waals surface area contributed by atoms with Gasteiger partial charge in [0.2, 0.25) is 5.91 Å². The van der Waals surface area contributed by atoms with E-state index < -0.39 is 11.7 Å². The van der Waals surface area contributed by atoms with E-state index in [2.05, 4.69) is 5.32 Å². The number of guanidine groups is 1. The smallest absolute Gasteiger partial charge is 0.411 e. The van der Waals surface area contributed by atoms with Gasteiger partial charge >= 0.3 is 6.09 Å². The lowest BCUT2D eigenvalue weighted by molar-refractivity contribution is -0.123. The fraction of sp³-hybridized carbons (Fsp3) is 0.850. The molecule has 8 nitrogen and oxygen atoms in total. The third-order valence-electron chi connectivity index (χ3n) is 5.50. The molecule has 2 amide bonds. The van der Waals surface area contributed by atoms with Gasteiger partial charge in [0, 0.05) is 25.7 Å². The van der Waals surface area contributed by atoms with Gasteiger partial charge in [-0.25, -0.2) is 4.79 Å². The number of nitrogens with zero attached hydrogens (tertiary/aromatic N) is 2. The molecule has 4 N–H and O–H groups in total. The van der Waals surface area contributed by atoms with Crippen molar-refractivity contribution in [2.24, 2.45) is 11.7 Å². The zero-order valence-electron chi connectivity index (χ0n) is 17.6. The summed E-state index contributed by atoms with van der Waals surface area (Å²) in [6, 6.07) is 0.0770. The second-order valence-electron chi connectivity index (χ2n) is 9.02. The fourth-order valence-electron chi connectivity index (χ4n) is 3.90. The minimum Gasteiger partial charge on any atom is -0.444 e. The van der Waals surface area contributed by atoms with Crippen LogP contribution in [-0.4, -0.2) is 65.6 Å². The van der Waals surface area contributed by atoms with E-state index in [0.29, 0.717) is 12.5 Å². The van der Waals surface area contributed by atoms with Crippen LogP contribution in [0, 0.1) is 11.3 Å². The van der Waals surface area contributed by atoms with Crippen molar-refractivity contribution in [3.8, 4) is 0 Å². The Balaban J connectivity index is 1.85. The number of piperidine rings is 1. The van der Waals surface area contributed by atoms with Gasteiger partial charge in [0.15, 0.2) is 5.96 Å². The van der Waals surface area contributed by atoms with Gasteiger partial charge in [-0.2, -0.15) is 0 Å². The van der Waals surface area contributed by atoms with Crippen LogP contribution in [0.15, 0.2) is 0 Å². The number of amides is 2. The molecule has 0 radical (unpaired) electrons. The predicted molar refractivity (Wildman–Crippen MR) is 109 cm³/mol. The number of ether oxygens (including phenoxy) is 1. The highest BCUT2D eigenvalue weighted by Crippen LogP contribution is 2.24. The van der Waals surface area contributed by atoms with E-state index in [1.165, 1.54) is 6.42 Å². The van der Waals surface area contributed by atoms with Crippen molar-refractivity contribution in [1.29, 1.82) is 5.41 Å². The Morgan fingerprint density at radius 2 is 1.75 bits per heavy atom. The zero-order valence-corrected chi connectivity index (χ0v) is 17.6. The van der Waals surface area contributed by atoms with Crippen molar-refractivity contribution in [2.75, 3.05) is 26.2 Å². The van der Waals surface area contributed by atoms with Gasteiger partial charge in [0.05, 0.1) is 0 Å². The van der Waals surface area contributed by atoms with Crippen LogP contribution in [0.5, 0.6) is 0 Å². The van der Waals surface area contributed by atoms with Crippen molar-refractivity contribution in [2.45, 2.75) is 77.4 Å². The van der Waals surface area contributed by atoms with E-state index in [4.69, 9.17) is 15.9 Å². The molecule has 2 fully saturated rings.